The summed E-state index contributed by atoms with van der Waals surface area (Å²) in [7, 11) is 3.21. The van der Waals surface area contributed by atoms with Gasteiger partial charge < -0.3 is 9.47 Å². The molecule has 0 saturated carbocycles. The van der Waals surface area contributed by atoms with E-state index in [2.05, 4.69) is 0 Å². The Kier molecular flexibility index (Phi) is 5.67. The Bertz CT molecular complexity index is 242. The zero-order valence-electron chi connectivity index (χ0n) is 7.54. The second kappa shape index (κ2) is 5.95. The molecule has 0 aliphatic heterocycles. The molecule has 1 aromatic carbocycles. The highest BCUT2D eigenvalue weighted by Crippen LogP contribution is 2.31. The zero-order valence-corrected chi connectivity index (χ0v) is 9.11. The number of methoxy groups -OCH3 is 2. The van der Waals surface area contributed by atoms with Crippen molar-refractivity contribution in [2.75, 3.05) is 14.2 Å². The molecule has 0 amide bonds. The fourth-order valence-electron chi connectivity index (χ4n) is 1.06. The second-order valence-electron chi connectivity index (χ2n) is 2.29. The van der Waals surface area contributed by atoms with Gasteiger partial charge in [0.2, 0.25) is 0 Å². The first-order valence-corrected chi connectivity index (χ1v) is 4.12. The van der Waals surface area contributed by atoms with Crippen LogP contribution in [-0.4, -0.2) is 14.2 Å². The first-order chi connectivity index (χ1) is 5.83. The molecule has 0 aliphatic rings. The third-order valence-electron chi connectivity index (χ3n) is 1.63. The molecular formula is C9H12Cl2O2. The maximum atomic E-state index is 5.70. The van der Waals surface area contributed by atoms with Gasteiger partial charge in [0, 0.05) is 5.56 Å². The Labute approximate surface area is 89.2 Å². The van der Waals surface area contributed by atoms with Gasteiger partial charge in [0.1, 0.15) is 0 Å². The fraction of sp³-hybridized carbons (Fsp3) is 0.333. The molecule has 13 heavy (non-hydrogen) atoms. The molecule has 0 fully saturated rings. The maximum Gasteiger partial charge on any atom is 0.165 e. The van der Waals surface area contributed by atoms with Crippen LogP contribution in [0.15, 0.2) is 18.2 Å². The number of ether oxygens (including phenoxy) is 2. The van der Waals surface area contributed by atoms with E-state index in [-0.39, 0.29) is 12.4 Å². The normalized spacial score (nSPS) is 8.85. The molecule has 0 atom stereocenters. The predicted molar refractivity (Wildman–Crippen MR) is 56.4 cm³/mol. The quantitative estimate of drug-likeness (QED) is 0.733. The highest BCUT2D eigenvalue weighted by molar-refractivity contribution is 6.17. The Hall–Kier alpha value is -0.600. The lowest BCUT2D eigenvalue weighted by atomic mass is 10.2. The first kappa shape index (κ1) is 12.4. The van der Waals surface area contributed by atoms with E-state index in [1.807, 2.05) is 18.2 Å². The third kappa shape index (κ3) is 2.68. The van der Waals surface area contributed by atoms with Crippen molar-refractivity contribution in [3.05, 3.63) is 23.8 Å². The lowest BCUT2D eigenvalue weighted by molar-refractivity contribution is 0.352. The number of benzene rings is 1. The molecule has 1 rings (SSSR count). The molecule has 0 unspecified atom stereocenters. The van der Waals surface area contributed by atoms with Crippen molar-refractivity contribution in [1.29, 1.82) is 0 Å². The van der Waals surface area contributed by atoms with E-state index >= 15 is 0 Å². The van der Waals surface area contributed by atoms with Gasteiger partial charge in [-0.05, 0) is 6.07 Å². The van der Waals surface area contributed by atoms with Gasteiger partial charge in [-0.25, -0.2) is 0 Å². The number of halogens is 2. The summed E-state index contributed by atoms with van der Waals surface area (Å²) in [6.45, 7) is 0. The molecule has 1 aromatic rings. The van der Waals surface area contributed by atoms with E-state index in [0.717, 1.165) is 17.1 Å². The molecule has 2 nitrogen and oxygen atoms in total. The monoisotopic (exact) mass is 222 g/mol. The van der Waals surface area contributed by atoms with Crippen molar-refractivity contribution >= 4 is 24.0 Å². The van der Waals surface area contributed by atoms with Crippen molar-refractivity contribution in [2.24, 2.45) is 0 Å². The van der Waals surface area contributed by atoms with E-state index < -0.39 is 0 Å². The third-order valence-corrected chi connectivity index (χ3v) is 1.92. The Morgan fingerprint density at radius 1 is 1.23 bits per heavy atom. The van der Waals surface area contributed by atoms with Crippen LogP contribution in [0.5, 0.6) is 11.5 Å². The molecular weight excluding hydrogens is 211 g/mol. The van der Waals surface area contributed by atoms with Gasteiger partial charge in [-0.15, -0.1) is 24.0 Å². The van der Waals surface area contributed by atoms with Crippen molar-refractivity contribution in [1.82, 2.24) is 0 Å². The molecule has 0 aliphatic carbocycles. The largest absolute Gasteiger partial charge is 0.493 e. The molecule has 0 heterocycles. The number of rotatable bonds is 3. The highest BCUT2D eigenvalue weighted by Gasteiger charge is 2.06. The van der Waals surface area contributed by atoms with Crippen LogP contribution in [0, 0.1) is 0 Å². The Morgan fingerprint density at radius 3 is 2.38 bits per heavy atom. The summed E-state index contributed by atoms with van der Waals surface area (Å²) in [6, 6.07) is 5.64. The van der Waals surface area contributed by atoms with Gasteiger partial charge in [-0.3, -0.25) is 0 Å². The lowest BCUT2D eigenvalue weighted by Crippen LogP contribution is -1.93. The molecule has 0 radical (unpaired) electrons. The van der Waals surface area contributed by atoms with Crippen LogP contribution in [0.4, 0.5) is 0 Å². The number of para-hydroxylation sites is 1. The van der Waals surface area contributed by atoms with E-state index in [1.165, 1.54) is 0 Å². The van der Waals surface area contributed by atoms with Crippen LogP contribution < -0.4 is 9.47 Å². The topological polar surface area (TPSA) is 18.5 Å². The molecule has 74 valence electrons. The minimum Gasteiger partial charge on any atom is -0.493 e. The van der Waals surface area contributed by atoms with Crippen LogP contribution in [-0.2, 0) is 5.88 Å². The Balaban J connectivity index is 0.00000144. The minimum absolute atomic E-state index is 0. The first-order valence-electron chi connectivity index (χ1n) is 3.59. The second-order valence-corrected chi connectivity index (χ2v) is 2.55. The van der Waals surface area contributed by atoms with Gasteiger partial charge >= 0.3 is 0 Å². The Morgan fingerprint density at radius 2 is 1.92 bits per heavy atom. The molecule has 4 heteroatoms. The van der Waals surface area contributed by atoms with E-state index in [4.69, 9.17) is 21.1 Å². The van der Waals surface area contributed by atoms with E-state index in [1.54, 1.807) is 14.2 Å². The average molecular weight is 223 g/mol. The van der Waals surface area contributed by atoms with Gasteiger partial charge in [0.15, 0.2) is 11.5 Å². The lowest BCUT2D eigenvalue weighted by Gasteiger charge is -2.09. The predicted octanol–water partition coefficient (Wildman–Crippen LogP) is 2.86. The van der Waals surface area contributed by atoms with Crippen molar-refractivity contribution in [3.63, 3.8) is 0 Å². The zero-order chi connectivity index (χ0) is 8.97. The van der Waals surface area contributed by atoms with Crippen LogP contribution in [0.2, 0.25) is 0 Å². The smallest absolute Gasteiger partial charge is 0.165 e. The summed E-state index contributed by atoms with van der Waals surface area (Å²) in [4.78, 5) is 0. The minimum atomic E-state index is 0. The summed E-state index contributed by atoms with van der Waals surface area (Å²) in [5.41, 5.74) is 0.943. The number of alkyl halides is 1. The fourth-order valence-corrected chi connectivity index (χ4v) is 1.27. The molecule has 0 aromatic heterocycles. The summed E-state index contributed by atoms with van der Waals surface area (Å²) in [6.07, 6.45) is 0. The van der Waals surface area contributed by atoms with Crippen LogP contribution in [0.3, 0.4) is 0 Å². The molecule has 0 N–H and O–H groups in total. The molecule has 0 saturated heterocycles. The van der Waals surface area contributed by atoms with Crippen LogP contribution >= 0.6 is 24.0 Å². The van der Waals surface area contributed by atoms with E-state index in [9.17, 15) is 0 Å². The summed E-state index contributed by atoms with van der Waals surface area (Å²) >= 11 is 5.70. The van der Waals surface area contributed by atoms with Crippen molar-refractivity contribution in [3.8, 4) is 11.5 Å². The maximum absolute atomic E-state index is 5.70. The SMILES string of the molecule is COc1cccc(CCl)c1OC.Cl. The standard InChI is InChI=1S/C9H11ClO2.ClH/c1-11-8-5-3-4-7(6-10)9(8)12-2;/h3-5H,6H2,1-2H3;1H. The number of hydrogen-bond acceptors (Lipinski definition) is 2. The van der Waals surface area contributed by atoms with Gasteiger partial charge in [-0.2, -0.15) is 0 Å². The van der Waals surface area contributed by atoms with Gasteiger partial charge in [0.25, 0.3) is 0 Å². The molecule has 0 bridgehead atoms. The molecule has 0 spiro atoms. The van der Waals surface area contributed by atoms with Crippen LogP contribution in [0.1, 0.15) is 5.56 Å². The van der Waals surface area contributed by atoms with Gasteiger partial charge in [0.05, 0.1) is 20.1 Å². The summed E-state index contributed by atoms with van der Waals surface area (Å²) < 4.78 is 10.2. The average Bonchev–Trinajstić information content (AvgIpc) is 2.16. The van der Waals surface area contributed by atoms with Crippen LogP contribution in [0.25, 0.3) is 0 Å². The highest BCUT2D eigenvalue weighted by atomic mass is 35.5. The summed E-state index contributed by atoms with van der Waals surface area (Å²) in [5.74, 6) is 1.87. The number of hydrogen-bond donors (Lipinski definition) is 0. The van der Waals surface area contributed by atoms with E-state index in [0.29, 0.717) is 5.88 Å². The van der Waals surface area contributed by atoms with Crippen molar-refractivity contribution < 1.29 is 9.47 Å². The van der Waals surface area contributed by atoms with Crippen molar-refractivity contribution in [2.45, 2.75) is 5.88 Å². The van der Waals surface area contributed by atoms with Gasteiger partial charge in [-0.1, -0.05) is 12.1 Å². The summed E-state index contributed by atoms with van der Waals surface area (Å²) in [5, 5.41) is 0.